The lowest BCUT2D eigenvalue weighted by Gasteiger charge is -2.10. The van der Waals surface area contributed by atoms with Gasteiger partial charge in [0.25, 0.3) is 0 Å². The molecule has 0 N–H and O–H groups in total. The van der Waals surface area contributed by atoms with Gasteiger partial charge in [0.05, 0.1) is 5.52 Å². The molecule has 3 aromatic carbocycles. The molecule has 0 aliphatic heterocycles. The first-order valence-electron chi connectivity index (χ1n) is 8.52. The molecule has 2 aromatic heterocycles. The highest BCUT2D eigenvalue weighted by Crippen LogP contribution is 2.33. The summed E-state index contributed by atoms with van der Waals surface area (Å²) in [5, 5.41) is 2.38. The van der Waals surface area contributed by atoms with Crippen LogP contribution in [0.2, 0.25) is 0 Å². The van der Waals surface area contributed by atoms with E-state index in [1.54, 1.807) is 0 Å². The lowest BCUT2D eigenvalue weighted by molar-refractivity contribution is 1.14. The summed E-state index contributed by atoms with van der Waals surface area (Å²) in [4.78, 5) is 4.67. The summed E-state index contributed by atoms with van der Waals surface area (Å²) in [5.41, 5.74) is 5.65. The van der Waals surface area contributed by atoms with E-state index in [0.29, 0.717) is 0 Å². The standard InChI is InChI=1S/C23H15BrN2/c24-18-11-12-20-21-10-5-13-25-23(21)26(22(20)15-18)19-9-4-8-17(14-19)16-6-2-1-3-7-16/h1-15H. The quantitative estimate of drug-likeness (QED) is 0.327. The van der Waals surface area contributed by atoms with Crippen LogP contribution in [0.3, 0.4) is 0 Å². The number of nitrogens with zero attached hydrogens (tertiary/aromatic N) is 2. The first-order valence-corrected chi connectivity index (χ1v) is 9.31. The Morgan fingerprint density at radius 1 is 0.692 bits per heavy atom. The van der Waals surface area contributed by atoms with Crippen molar-refractivity contribution in [1.82, 2.24) is 9.55 Å². The molecule has 2 heterocycles. The van der Waals surface area contributed by atoms with Crippen LogP contribution >= 0.6 is 15.9 Å². The maximum absolute atomic E-state index is 4.67. The minimum atomic E-state index is 0.978. The molecule has 0 unspecified atom stereocenters. The van der Waals surface area contributed by atoms with Crippen molar-refractivity contribution in [3.63, 3.8) is 0 Å². The molecule has 0 bridgehead atoms. The fourth-order valence-electron chi connectivity index (χ4n) is 3.53. The van der Waals surface area contributed by atoms with Crippen LogP contribution in [0, 0.1) is 0 Å². The summed E-state index contributed by atoms with van der Waals surface area (Å²) in [6.07, 6.45) is 1.85. The number of benzene rings is 3. The van der Waals surface area contributed by atoms with Crippen molar-refractivity contribution in [2.24, 2.45) is 0 Å². The lowest BCUT2D eigenvalue weighted by Crippen LogP contribution is -1.95. The Morgan fingerprint density at radius 3 is 2.42 bits per heavy atom. The number of hydrogen-bond donors (Lipinski definition) is 0. The molecule has 0 aliphatic carbocycles. The zero-order valence-electron chi connectivity index (χ0n) is 13.9. The largest absolute Gasteiger partial charge is 0.294 e. The number of pyridine rings is 1. The van der Waals surface area contributed by atoms with E-state index in [4.69, 9.17) is 0 Å². The Hall–Kier alpha value is -2.91. The molecule has 0 radical (unpaired) electrons. The second kappa shape index (κ2) is 6.11. The fraction of sp³-hybridized carbons (Fsp3) is 0. The van der Waals surface area contributed by atoms with Gasteiger partial charge in [0.1, 0.15) is 5.65 Å². The molecule has 0 aliphatic rings. The van der Waals surface area contributed by atoms with Gasteiger partial charge in [0, 0.05) is 27.1 Å². The van der Waals surface area contributed by atoms with Gasteiger partial charge < -0.3 is 0 Å². The molecule has 0 amide bonds. The monoisotopic (exact) mass is 398 g/mol. The van der Waals surface area contributed by atoms with Crippen LogP contribution in [0.4, 0.5) is 0 Å². The summed E-state index contributed by atoms with van der Waals surface area (Å²) < 4.78 is 3.30. The van der Waals surface area contributed by atoms with E-state index in [9.17, 15) is 0 Å². The molecule has 3 heteroatoms. The van der Waals surface area contributed by atoms with E-state index in [1.165, 1.54) is 21.9 Å². The van der Waals surface area contributed by atoms with Gasteiger partial charge in [-0.05, 0) is 47.5 Å². The molecule has 0 saturated heterocycles. The van der Waals surface area contributed by atoms with Crippen LogP contribution < -0.4 is 0 Å². The van der Waals surface area contributed by atoms with Crippen LogP contribution in [0.15, 0.2) is 95.6 Å². The molecule has 26 heavy (non-hydrogen) atoms. The van der Waals surface area contributed by atoms with Gasteiger partial charge in [-0.3, -0.25) is 4.57 Å². The Kier molecular flexibility index (Phi) is 3.61. The molecule has 0 fully saturated rings. The van der Waals surface area contributed by atoms with Gasteiger partial charge in [0.2, 0.25) is 0 Å². The molecule has 0 spiro atoms. The summed E-state index contributed by atoms with van der Waals surface area (Å²) >= 11 is 3.61. The molecule has 124 valence electrons. The molecular formula is C23H15BrN2. The third-order valence-corrected chi connectivity index (χ3v) is 5.19. The van der Waals surface area contributed by atoms with E-state index < -0.39 is 0 Å². The van der Waals surface area contributed by atoms with Gasteiger partial charge >= 0.3 is 0 Å². The third kappa shape index (κ3) is 2.44. The van der Waals surface area contributed by atoms with E-state index in [2.05, 4.69) is 98.3 Å². The number of halogens is 1. The van der Waals surface area contributed by atoms with Gasteiger partial charge in [-0.25, -0.2) is 4.98 Å². The zero-order chi connectivity index (χ0) is 17.5. The number of rotatable bonds is 2. The van der Waals surface area contributed by atoms with E-state index >= 15 is 0 Å². The Labute approximate surface area is 159 Å². The average Bonchev–Trinajstić information content (AvgIpc) is 3.02. The molecule has 2 nitrogen and oxygen atoms in total. The molecule has 0 saturated carbocycles. The Bertz CT molecular complexity index is 1240. The van der Waals surface area contributed by atoms with Crippen LogP contribution in [-0.4, -0.2) is 9.55 Å². The Balaban J connectivity index is 1.83. The first kappa shape index (κ1) is 15.4. The molecular weight excluding hydrogens is 384 g/mol. The van der Waals surface area contributed by atoms with Gasteiger partial charge in [-0.1, -0.05) is 64.5 Å². The molecule has 0 atom stereocenters. The van der Waals surface area contributed by atoms with Crippen molar-refractivity contribution in [2.45, 2.75) is 0 Å². The second-order valence-electron chi connectivity index (χ2n) is 6.29. The van der Waals surface area contributed by atoms with Gasteiger partial charge in [-0.2, -0.15) is 0 Å². The van der Waals surface area contributed by atoms with Crippen molar-refractivity contribution in [1.29, 1.82) is 0 Å². The third-order valence-electron chi connectivity index (χ3n) is 4.70. The highest BCUT2D eigenvalue weighted by atomic mass is 79.9. The Morgan fingerprint density at radius 2 is 1.54 bits per heavy atom. The van der Waals surface area contributed by atoms with E-state index in [-0.39, 0.29) is 0 Å². The average molecular weight is 399 g/mol. The second-order valence-corrected chi connectivity index (χ2v) is 7.20. The van der Waals surface area contributed by atoms with Crippen molar-refractivity contribution < 1.29 is 0 Å². The number of hydrogen-bond acceptors (Lipinski definition) is 1. The molecule has 5 rings (SSSR count). The first-order chi connectivity index (χ1) is 12.8. The van der Waals surface area contributed by atoms with Crippen molar-refractivity contribution >= 4 is 37.9 Å². The predicted octanol–water partition coefficient (Wildman–Crippen LogP) is 6.61. The topological polar surface area (TPSA) is 17.8 Å². The van der Waals surface area contributed by atoms with E-state index in [0.717, 1.165) is 21.3 Å². The molecule has 5 aromatic rings. The van der Waals surface area contributed by atoms with Crippen LogP contribution in [-0.2, 0) is 0 Å². The maximum Gasteiger partial charge on any atom is 0.145 e. The van der Waals surface area contributed by atoms with Crippen LogP contribution in [0.25, 0.3) is 38.8 Å². The van der Waals surface area contributed by atoms with Crippen LogP contribution in [0.1, 0.15) is 0 Å². The zero-order valence-corrected chi connectivity index (χ0v) is 15.5. The highest BCUT2D eigenvalue weighted by Gasteiger charge is 2.13. The minimum absolute atomic E-state index is 0.978. The maximum atomic E-state index is 4.67. The highest BCUT2D eigenvalue weighted by molar-refractivity contribution is 9.10. The van der Waals surface area contributed by atoms with Gasteiger partial charge in [-0.15, -0.1) is 0 Å². The van der Waals surface area contributed by atoms with Crippen LogP contribution in [0.5, 0.6) is 0 Å². The number of fused-ring (bicyclic) bond motifs is 3. The summed E-state index contributed by atoms with van der Waals surface area (Å²) in [6.45, 7) is 0. The number of aromatic nitrogens is 2. The summed E-state index contributed by atoms with van der Waals surface area (Å²) in [7, 11) is 0. The predicted molar refractivity (Wildman–Crippen MR) is 112 cm³/mol. The van der Waals surface area contributed by atoms with Crippen molar-refractivity contribution in [3.8, 4) is 16.8 Å². The summed E-state index contributed by atoms with van der Waals surface area (Å²) in [5.74, 6) is 0. The van der Waals surface area contributed by atoms with Crippen molar-refractivity contribution in [3.05, 3.63) is 95.6 Å². The SMILES string of the molecule is Brc1ccc2c3cccnc3n(-c3cccc(-c4ccccc4)c3)c2c1. The lowest BCUT2D eigenvalue weighted by atomic mass is 10.1. The van der Waals surface area contributed by atoms with E-state index in [1.807, 2.05) is 18.3 Å². The smallest absolute Gasteiger partial charge is 0.145 e. The fourth-order valence-corrected chi connectivity index (χ4v) is 3.88. The minimum Gasteiger partial charge on any atom is -0.294 e. The normalized spacial score (nSPS) is 11.3. The van der Waals surface area contributed by atoms with Crippen molar-refractivity contribution in [2.75, 3.05) is 0 Å². The van der Waals surface area contributed by atoms with Gasteiger partial charge in [0.15, 0.2) is 0 Å². The summed E-state index contributed by atoms with van der Waals surface area (Å²) in [6, 6.07) is 29.6.